The summed E-state index contributed by atoms with van der Waals surface area (Å²) >= 11 is 0. The lowest BCUT2D eigenvalue weighted by Crippen LogP contribution is -2.65. The monoisotopic (exact) mass is 1080 g/mol. The molecule has 31 atom stereocenters. The van der Waals surface area contributed by atoms with Gasteiger partial charge < -0.3 is 119 Å². The van der Waals surface area contributed by atoms with Gasteiger partial charge in [0.2, 0.25) is 0 Å². The van der Waals surface area contributed by atoms with Gasteiger partial charge in [-0.15, -0.1) is 0 Å². The summed E-state index contributed by atoms with van der Waals surface area (Å²) in [5.41, 5.74) is 1.10. The van der Waals surface area contributed by atoms with E-state index < -0.39 is 161 Å². The number of hydrogen-bond donors (Lipinski definition) is 15. The molecular formula is C51H84O24. The molecule has 9 aliphatic rings. The van der Waals surface area contributed by atoms with Gasteiger partial charge in [0.05, 0.1) is 45.2 Å². The van der Waals surface area contributed by atoms with Crippen LogP contribution in [-0.2, 0) is 42.6 Å². The van der Waals surface area contributed by atoms with Crippen molar-refractivity contribution in [3.05, 3.63) is 11.6 Å². The molecule has 5 heterocycles. The van der Waals surface area contributed by atoms with Crippen LogP contribution in [0, 0.1) is 46.3 Å². The number of fused-ring (bicyclic) bond motifs is 7. The molecular weight excluding hydrogens is 997 g/mol. The zero-order valence-corrected chi connectivity index (χ0v) is 43.0. The molecule has 0 spiro atoms. The first kappa shape index (κ1) is 58.4. The average Bonchev–Trinajstić information content (AvgIpc) is 3.89. The molecule has 0 aromatic carbocycles. The summed E-state index contributed by atoms with van der Waals surface area (Å²) in [5.74, 6) is -0.135. The Labute approximate surface area is 435 Å². The highest BCUT2D eigenvalue weighted by molar-refractivity contribution is 5.26. The lowest BCUT2D eigenvalue weighted by molar-refractivity contribution is -0.366. The largest absolute Gasteiger partial charge is 0.394 e. The smallest absolute Gasteiger partial charge is 0.187 e. The minimum atomic E-state index is -1.87. The van der Waals surface area contributed by atoms with Gasteiger partial charge in [0.1, 0.15) is 97.7 Å². The van der Waals surface area contributed by atoms with E-state index in [0.717, 1.165) is 38.5 Å². The van der Waals surface area contributed by atoms with Crippen LogP contribution in [0.1, 0.15) is 85.5 Å². The number of allylic oxidation sites excluding steroid dienone is 1. The minimum Gasteiger partial charge on any atom is -0.394 e. The molecule has 3 saturated carbocycles. The summed E-state index contributed by atoms with van der Waals surface area (Å²) < 4.78 is 52.8. The van der Waals surface area contributed by atoms with Crippen LogP contribution in [0.2, 0.25) is 0 Å². The molecule has 5 saturated heterocycles. The van der Waals surface area contributed by atoms with E-state index in [9.17, 15) is 76.6 Å². The quantitative estimate of drug-likeness (QED) is 0.0655. The third-order valence-corrected chi connectivity index (χ3v) is 19.5. The summed E-state index contributed by atoms with van der Waals surface area (Å²) in [7, 11) is 0. The van der Waals surface area contributed by atoms with Gasteiger partial charge in [0, 0.05) is 12.3 Å². The second-order valence-corrected chi connectivity index (χ2v) is 23.9. The number of rotatable bonds is 16. The van der Waals surface area contributed by atoms with Crippen molar-refractivity contribution < 1.29 is 119 Å². The number of ether oxygens (including phenoxy) is 9. The van der Waals surface area contributed by atoms with Crippen LogP contribution in [0.15, 0.2) is 11.6 Å². The van der Waals surface area contributed by atoms with Crippen molar-refractivity contribution in [2.75, 3.05) is 33.0 Å². The van der Waals surface area contributed by atoms with Crippen molar-refractivity contribution in [1.29, 1.82) is 0 Å². The molecule has 0 aromatic heterocycles. The van der Waals surface area contributed by atoms with Gasteiger partial charge in [-0.05, 0) is 91.8 Å². The topological polar surface area (TPSA) is 387 Å². The molecule has 9 rings (SSSR count). The van der Waals surface area contributed by atoms with Crippen molar-refractivity contribution in [1.82, 2.24) is 0 Å². The molecule has 5 aliphatic heterocycles. The fraction of sp³-hybridized carbons (Fsp3) is 0.961. The zero-order valence-electron chi connectivity index (χ0n) is 43.0. The van der Waals surface area contributed by atoms with E-state index in [-0.39, 0.29) is 41.3 Å². The third-order valence-electron chi connectivity index (χ3n) is 19.5. The van der Waals surface area contributed by atoms with Gasteiger partial charge in [0.25, 0.3) is 0 Å². The normalized spacial score (nSPS) is 54.3. The Kier molecular flexibility index (Phi) is 17.9. The maximum atomic E-state index is 12.1. The van der Waals surface area contributed by atoms with Crippen molar-refractivity contribution in [2.45, 2.75) is 226 Å². The molecule has 8 fully saturated rings. The molecule has 15 N–H and O–H groups in total. The second kappa shape index (κ2) is 23.0. The lowest BCUT2D eigenvalue weighted by atomic mass is 9.46. The highest BCUT2D eigenvalue weighted by Gasteiger charge is 2.68. The zero-order chi connectivity index (χ0) is 54.2. The van der Waals surface area contributed by atoms with Gasteiger partial charge in [-0.1, -0.05) is 39.3 Å². The Morgan fingerprint density at radius 2 is 1.16 bits per heavy atom. The summed E-state index contributed by atoms with van der Waals surface area (Å²) in [5, 5.41) is 158. The molecule has 24 nitrogen and oxygen atoms in total. The first-order chi connectivity index (χ1) is 35.5. The Balaban J connectivity index is 0.784. The van der Waals surface area contributed by atoms with Crippen molar-refractivity contribution in [3.8, 4) is 0 Å². The van der Waals surface area contributed by atoms with Crippen LogP contribution in [0.3, 0.4) is 0 Å². The predicted molar refractivity (Wildman–Crippen MR) is 252 cm³/mol. The van der Waals surface area contributed by atoms with Gasteiger partial charge in [-0.3, -0.25) is 0 Å². The van der Waals surface area contributed by atoms with Crippen molar-refractivity contribution >= 4 is 0 Å². The van der Waals surface area contributed by atoms with Crippen LogP contribution in [0.5, 0.6) is 0 Å². The van der Waals surface area contributed by atoms with E-state index in [2.05, 4.69) is 26.8 Å². The van der Waals surface area contributed by atoms with Crippen LogP contribution >= 0.6 is 0 Å². The average molecular weight is 1080 g/mol. The van der Waals surface area contributed by atoms with Crippen LogP contribution < -0.4 is 0 Å². The van der Waals surface area contributed by atoms with E-state index in [1.54, 1.807) is 0 Å². The van der Waals surface area contributed by atoms with E-state index in [4.69, 9.17) is 42.6 Å². The number of hydrogen-bond acceptors (Lipinski definition) is 24. The fourth-order valence-electron chi connectivity index (χ4n) is 15.0. The Morgan fingerprint density at radius 1 is 0.613 bits per heavy atom. The van der Waals surface area contributed by atoms with E-state index >= 15 is 0 Å². The van der Waals surface area contributed by atoms with Crippen LogP contribution in [0.25, 0.3) is 0 Å². The summed E-state index contributed by atoms with van der Waals surface area (Å²) in [4.78, 5) is 0. The second-order valence-electron chi connectivity index (χ2n) is 23.9. The molecule has 0 amide bonds. The van der Waals surface area contributed by atoms with Crippen LogP contribution in [-0.4, -0.2) is 250 Å². The molecule has 432 valence electrons. The van der Waals surface area contributed by atoms with Gasteiger partial charge in [-0.25, -0.2) is 0 Å². The standard InChI is InChI=1S/C51H84O24/c1-20(18-67-45-40(62)37(59)33(55)28(15-52)70-45)7-12-51(66)21(2)32-27(75-51)14-26-24-6-5-22-13-23(8-10-49(22,3)25(24)9-11-50(26,32)4)69-47-41(63)39(61)35(57)31(73-47)19-68-46-43(65)44(36(58)30(17-54)71-46)74-48-42(64)38(60)34(56)29(16-53)72-48/h13,20-21,23-48,52-66H,5-12,14-19H2,1-4H3/t20?,21-,23-,24?,25?,26?,27?,28+,29+,30+,31+,32?,33+,34+,35+,36+,37-,38-,39-,40+,41+,42+,43+,44+,45+,46+,47+,48?,49-,50-,51+/m0/s1. The maximum absolute atomic E-state index is 12.1. The van der Waals surface area contributed by atoms with Crippen LogP contribution in [0.4, 0.5) is 0 Å². The summed E-state index contributed by atoms with van der Waals surface area (Å²) in [6.45, 7) is 6.27. The van der Waals surface area contributed by atoms with Crippen molar-refractivity contribution in [2.24, 2.45) is 46.3 Å². The fourth-order valence-corrected chi connectivity index (χ4v) is 15.0. The third kappa shape index (κ3) is 10.7. The molecule has 0 bridgehead atoms. The minimum absolute atomic E-state index is 0.0435. The number of aliphatic hydroxyl groups excluding tert-OH is 14. The molecule has 24 heteroatoms. The van der Waals surface area contributed by atoms with E-state index in [1.807, 2.05) is 6.92 Å². The van der Waals surface area contributed by atoms with E-state index in [1.165, 1.54) is 5.57 Å². The summed E-state index contributed by atoms with van der Waals surface area (Å²) in [6.07, 6.45) is -23.0. The highest BCUT2D eigenvalue weighted by atomic mass is 16.8. The lowest BCUT2D eigenvalue weighted by Gasteiger charge is -2.59. The SMILES string of the molecule is CC(CC[C@@]1(O)OC2CC3C4CCC5=C[C@@H](O[C@@H]6O[C@H](CO[C@@H]7O[C@H](CO)[C@@H](O)[C@@H](OC8O[C@H](CO)[C@@H](O)[C@H](O)[C@H]8O)[C@H]7O)[C@@H](O)[C@H](O)[C@H]6O)CC[C@]5(C)C4CC[C@]3(C)C2[C@@H]1C)CO[C@@H]1O[C@H](CO)[C@@H](O)[C@H](O)[C@H]1O. The molecule has 7 unspecified atom stereocenters. The maximum Gasteiger partial charge on any atom is 0.187 e. The number of aliphatic hydroxyl groups is 15. The molecule has 0 aromatic rings. The Morgan fingerprint density at radius 3 is 1.79 bits per heavy atom. The van der Waals surface area contributed by atoms with Gasteiger partial charge in [0.15, 0.2) is 30.9 Å². The first-order valence-electron chi connectivity index (χ1n) is 27.1. The van der Waals surface area contributed by atoms with Crippen molar-refractivity contribution in [3.63, 3.8) is 0 Å². The Bertz CT molecular complexity index is 1930. The Hall–Kier alpha value is -1.22. The summed E-state index contributed by atoms with van der Waals surface area (Å²) in [6, 6.07) is 0. The molecule has 0 radical (unpaired) electrons. The molecule has 4 aliphatic carbocycles. The van der Waals surface area contributed by atoms with E-state index in [0.29, 0.717) is 37.0 Å². The molecule has 75 heavy (non-hydrogen) atoms. The van der Waals surface area contributed by atoms with Gasteiger partial charge in [-0.2, -0.15) is 0 Å². The predicted octanol–water partition coefficient (Wildman–Crippen LogP) is -4.03. The first-order valence-corrected chi connectivity index (χ1v) is 27.1. The van der Waals surface area contributed by atoms with Gasteiger partial charge >= 0.3 is 0 Å². The highest BCUT2D eigenvalue weighted by Crippen LogP contribution is 2.70.